The fraction of sp³-hybridized carbons (Fsp3) is 0.211. The number of nitrogens with zero attached hydrogens (tertiary/aromatic N) is 3. The molecule has 0 aliphatic heterocycles. The smallest absolute Gasteiger partial charge is 0.260 e. The van der Waals surface area contributed by atoms with E-state index in [9.17, 15) is 4.79 Å². The van der Waals surface area contributed by atoms with Gasteiger partial charge in [-0.2, -0.15) is 5.10 Å². The van der Waals surface area contributed by atoms with E-state index in [-0.39, 0.29) is 12.5 Å². The second kappa shape index (κ2) is 7.17. The van der Waals surface area contributed by atoms with Crippen LogP contribution in [0.2, 0.25) is 0 Å². The first-order valence-corrected chi connectivity index (χ1v) is 7.98. The molecule has 0 spiro atoms. The molecule has 25 heavy (non-hydrogen) atoms. The van der Waals surface area contributed by atoms with E-state index >= 15 is 0 Å². The minimum atomic E-state index is -0.195. The summed E-state index contributed by atoms with van der Waals surface area (Å²) in [4.78, 5) is 16.7. The zero-order valence-electron chi connectivity index (χ0n) is 14.5. The lowest BCUT2D eigenvalue weighted by Gasteiger charge is -2.07. The van der Waals surface area contributed by atoms with Crippen molar-refractivity contribution in [3.63, 3.8) is 0 Å². The number of para-hydroxylation sites is 2. The fourth-order valence-electron chi connectivity index (χ4n) is 2.62. The van der Waals surface area contributed by atoms with Crippen molar-refractivity contribution in [2.24, 2.45) is 5.10 Å². The van der Waals surface area contributed by atoms with Crippen LogP contribution in [0.1, 0.15) is 18.3 Å². The fourth-order valence-corrected chi connectivity index (χ4v) is 2.62. The Labute approximate surface area is 146 Å². The quantitative estimate of drug-likeness (QED) is 0.575. The Morgan fingerprint density at radius 1 is 1.20 bits per heavy atom. The average Bonchev–Trinajstić information content (AvgIpc) is 2.95. The highest BCUT2D eigenvalue weighted by Crippen LogP contribution is 2.15. The standard InChI is InChI=1S/C19H20N4O2/c1-13(15-8-10-16(25-3)11-9-15)21-22-19(24)12-23-14(2)20-17-6-4-5-7-18(17)23/h4-11H,12H2,1-3H3,(H,22,24). The van der Waals surface area contributed by atoms with Crippen molar-refractivity contribution in [2.75, 3.05) is 7.11 Å². The highest BCUT2D eigenvalue weighted by molar-refractivity contribution is 5.99. The van der Waals surface area contributed by atoms with Crippen LogP contribution in [-0.2, 0) is 11.3 Å². The van der Waals surface area contributed by atoms with Gasteiger partial charge in [-0.15, -0.1) is 0 Å². The Kier molecular flexibility index (Phi) is 4.79. The van der Waals surface area contributed by atoms with Gasteiger partial charge in [-0.1, -0.05) is 12.1 Å². The summed E-state index contributed by atoms with van der Waals surface area (Å²) >= 11 is 0. The Bertz CT molecular complexity index is 926. The van der Waals surface area contributed by atoms with Crippen molar-refractivity contribution in [3.05, 3.63) is 59.9 Å². The summed E-state index contributed by atoms with van der Waals surface area (Å²) in [5.74, 6) is 1.38. The number of nitrogens with one attached hydrogen (secondary N) is 1. The first-order chi connectivity index (χ1) is 12.1. The normalized spacial score (nSPS) is 11.6. The number of benzene rings is 2. The summed E-state index contributed by atoms with van der Waals surface area (Å²) in [5, 5.41) is 4.18. The van der Waals surface area contributed by atoms with Crippen LogP contribution in [0, 0.1) is 6.92 Å². The molecule has 0 radical (unpaired) electrons. The number of carbonyl (C=O) groups is 1. The monoisotopic (exact) mass is 336 g/mol. The van der Waals surface area contributed by atoms with Gasteiger partial charge in [0.15, 0.2) is 0 Å². The van der Waals surface area contributed by atoms with E-state index in [4.69, 9.17) is 4.74 Å². The largest absolute Gasteiger partial charge is 0.497 e. The van der Waals surface area contributed by atoms with E-state index in [0.29, 0.717) is 0 Å². The van der Waals surface area contributed by atoms with E-state index in [2.05, 4.69) is 15.5 Å². The van der Waals surface area contributed by atoms with Crippen molar-refractivity contribution in [2.45, 2.75) is 20.4 Å². The number of hydrogen-bond donors (Lipinski definition) is 1. The number of aromatic nitrogens is 2. The number of methoxy groups -OCH3 is 1. The Balaban J connectivity index is 1.70. The molecule has 0 unspecified atom stereocenters. The first-order valence-electron chi connectivity index (χ1n) is 7.98. The van der Waals surface area contributed by atoms with Crippen LogP contribution in [-0.4, -0.2) is 28.3 Å². The van der Waals surface area contributed by atoms with Gasteiger partial charge in [0.1, 0.15) is 18.1 Å². The maximum atomic E-state index is 12.3. The average molecular weight is 336 g/mol. The molecular formula is C19H20N4O2. The number of imidazole rings is 1. The lowest BCUT2D eigenvalue weighted by molar-refractivity contribution is -0.121. The Morgan fingerprint density at radius 2 is 1.92 bits per heavy atom. The summed E-state index contributed by atoms with van der Waals surface area (Å²) in [7, 11) is 1.62. The molecule has 128 valence electrons. The van der Waals surface area contributed by atoms with Crippen LogP contribution < -0.4 is 10.2 Å². The number of fused-ring (bicyclic) bond motifs is 1. The molecule has 1 aromatic heterocycles. The van der Waals surface area contributed by atoms with E-state index in [0.717, 1.165) is 33.9 Å². The molecule has 3 aromatic rings. The summed E-state index contributed by atoms with van der Waals surface area (Å²) in [6, 6.07) is 15.3. The molecule has 0 saturated carbocycles. The van der Waals surface area contributed by atoms with Crippen molar-refractivity contribution >= 4 is 22.7 Å². The molecule has 1 N–H and O–H groups in total. The summed E-state index contributed by atoms with van der Waals surface area (Å²) in [6.07, 6.45) is 0. The third-order valence-electron chi connectivity index (χ3n) is 4.00. The number of hydrazone groups is 1. The molecular weight excluding hydrogens is 316 g/mol. The van der Waals surface area contributed by atoms with Gasteiger partial charge in [-0.3, -0.25) is 4.79 Å². The third-order valence-corrected chi connectivity index (χ3v) is 4.00. The summed E-state index contributed by atoms with van der Waals surface area (Å²) in [5.41, 5.74) is 6.07. The van der Waals surface area contributed by atoms with E-state index in [1.807, 2.05) is 66.9 Å². The van der Waals surface area contributed by atoms with Gasteiger partial charge in [-0.05, 0) is 55.8 Å². The van der Waals surface area contributed by atoms with Gasteiger partial charge < -0.3 is 9.30 Å². The number of aryl methyl sites for hydroxylation is 1. The molecule has 3 rings (SSSR count). The summed E-state index contributed by atoms with van der Waals surface area (Å²) in [6.45, 7) is 3.91. The number of ether oxygens (including phenoxy) is 1. The van der Waals surface area contributed by atoms with Crippen molar-refractivity contribution < 1.29 is 9.53 Å². The van der Waals surface area contributed by atoms with Crippen LogP contribution in [0.5, 0.6) is 5.75 Å². The van der Waals surface area contributed by atoms with Crippen molar-refractivity contribution in [3.8, 4) is 5.75 Å². The zero-order valence-corrected chi connectivity index (χ0v) is 14.5. The van der Waals surface area contributed by atoms with E-state index < -0.39 is 0 Å². The lowest BCUT2D eigenvalue weighted by atomic mass is 10.1. The van der Waals surface area contributed by atoms with Crippen LogP contribution in [0.15, 0.2) is 53.6 Å². The lowest BCUT2D eigenvalue weighted by Crippen LogP contribution is -2.24. The predicted molar refractivity (Wildman–Crippen MR) is 97.8 cm³/mol. The molecule has 6 heteroatoms. The molecule has 0 bridgehead atoms. The van der Waals surface area contributed by atoms with E-state index in [1.165, 1.54) is 0 Å². The molecule has 2 aromatic carbocycles. The van der Waals surface area contributed by atoms with Gasteiger partial charge in [-0.25, -0.2) is 10.4 Å². The van der Waals surface area contributed by atoms with Crippen molar-refractivity contribution in [1.29, 1.82) is 0 Å². The Hall–Kier alpha value is -3.15. The molecule has 6 nitrogen and oxygen atoms in total. The maximum absolute atomic E-state index is 12.3. The van der Waals surface area contributed by atoms with Gasteiger partial charge in [0.2, 0.25) is 0 Å². The molecule has 1 heterocycles. The number of carbonyl (C=O) groups excluding carboxylic acids is 1. The molecule has 0 atom stereocenters. The highest BCUT2D eigenvalue weighted by Gasteiger charge is 2.10. The molecule has 0 aliphatic rings. The second-order valence-corrected chi connectivity index (χ2v) is 5.69. The molecule has 0 aliphatic carbocycles. The van der Waals surface area contributed by atoms with E-state index in [1.54, 1.807) is 7.11 Å². The predicted octanol–water partition coefficient (Wildman–Crippen LogP) is 2.89. The number of rotatable bonds is 5. The van der Waals surface area contributed by atoms with Crippen LogP contribution >= 0.6 is 0 Å². The van der Waals surface area contributed by atoms with Gasteiger partial charge in [0, 0.05) is 0 Å². The van der Waals surface area contributed by atoms with Crippen LogP contribution in [0.4, 0.5) is 0 Å². The highest BCUT2D eigenvalue weighted by atomic mass is 16.5. The zero-order chi connectivity index (χ0) is 17.8. The summed E-state index contributed by atoms with van der Waals surface area (Å²) < 4.78 is 7.01. The SMILES string of the molecule is COc1ccc(C(C)=NNC(=O)Cn2c(C)nc3ccccc32)cc1. The van der Waals surface area contributed by atoms with Gasteiger partial charge >= 0.3 is 0 Å². The third kappa shape index (κ3) is 3.68. The minimum Gasteiger partial charge on any atom is -0.497 e. The minimum absolute atomic E-state index is 0.172. The van der Waals surface area contributed by atoms with Crippen LogP contribution in [0.3, 0.4) is 0 Å². The van der Waals surface area contributed by atoms with Crippen molar-refractivity contribution in [1.82, 2.24) is 15.0 Å². The topological polar surface area (TPSA) is 68.5 Å². The van der Waals surface area contributed by atoms with Gasteiger partial charge in [0.05, 0.1) is 23.9 Å². The Morgan fingerprint density at radius 3 is 2.64 bits per heavy atom. The second-order valence-electron chi connectivity index (χ2n) is 5.69. The van der Waals surface area contributed by atoms with Crippen LogP contribution in [0.25, 0.3) is 11.0 Å². The molecule has 1 amide bonds. The molecule has 0 saturated heterocycles. The first kappa shape index (κ1) is 16.7. The number of amides is 1. The van der Waals surface area contributed by atoms with Gasteiger partial charge in [0.25, 0.3) is 5.91 Å². The maximum Gasteiger partial charge on any atom is 0.260 e. The molecule has 0 fully saturated rings. The number of hydrogen-bond acceptors (Lipinski definition) is 4.